The van der Waals surface area contributed by atoms with Crippen molar-refractivity contribution >= 4 is 11.9 Å². The minimum Gasteiger partial charge on any atom is -0.467 e. The molecule has 1 amide bonds. The highest BCUT2D eigenvalue weighted by Gasteiger charge is 2.26. The number of aliphatic hydroxyl groups excluding tert-OH is 1. The number of esters is 1. The second-order valence-electron chi connectivity index (χ2n) is 4.42. The van der Waals surface area contributed by atoms with E-state index in [1.54, 1.807) is 11.9 Å². The lowest BCUT2D eigenvalue weighted by Gasteiger charge is -2.23. The van der Waals surface area contributed by atoms with E-state index in [0.29, 0.717) is 6.54 Å². The summed E-state index contributed by atoms with van der Waals surface area (Å²) in [4.78, 5) is 25.0. The Kier molecular flexibility index (Phi) is 8.32. The minimum atomic E-state index is -0.616. The first-order valence-corrected chi connectivity index (χ1v) is 6.12. The summed E-state index contributed by atoms with van der Waals surface area (Å²) in [5.41, 5.74) is 0. The average molecular weight is 260 g/mol. The number of carbonyl (C=O) groups excluding carboxylic acids is 2. The van der Waals surface area contributed by atoms with E-state index in [1.807, 2.05) is 13.8 Å². The lowest BCUT2D eigenvalue weighted by atomic mass is 9.99. The molecule has 0 radical (unpaired) electrons. The standard InChI is InChI=1S/C12H24N2O4/c1-5-9(2)11(12(17)18-4)13-10(16)8-14(3)6-7-15/h9,11,15H,5-8H2,1-4H3,(H,13,16)/t9-,11-/m0/s1. The highest BCUT2D eigenvalue weighted by atomic mass is 16.5. The maximum atomic E-state index is 11.7. The molecule has 0 rings (SSSR count). The molecule has 106 valence electrons. The monoisotopic (exact) mass is 260 g/mol. The number of hydrogen-bond acceptors (Lipinski definition) is 5. The Morgan fingerprint density at radius 3 is 2.50 bits per heavy atom. The Labute approximate surface area is 108 Å². The number of nitrogens with one attached hydrogen (secondary N) is 1. The van der Waals surface area contributed by atoms with E-state index in [9.17, 15) is 9.59 Å². The highest BCUT2D eigenvalue weighted by molar-refractivity contribution is 5.85. The molecule has 0 aromatic rings. The van der Waals surface area contributed by atoms with Crippen LogP contribution in [0.4, 0.5) is 0 Å². The van der Waals surface area contributed by atoms with Gasteiger partial charge in [0, 0.05) is 6.54 Å². The zero-order chi connectivity index (χ0) is 14.1. The summed E-state index contributed by atoms with van der Waals surface area (Å²) in [5.74, 6) is -0.659. The molecule has 0 unspecified atom stereocenters. The van der Waals surface area contributed by atoms with E-state index in [2.05, 4.69) is 10.1 Å². The topological polar surface area (TPSA) is 78.9 Å². The van der Waals surface area contributed by atoms with Crippen LogP contribution < -0.4 is 5.32 Å². The molecule has 0 aliphatic heterocycles. The van der Waals surface area contributed by atoms with E-state index < -0.39 is 12.0 Å². The van der Waals surface area contributed by atoms with Gasteiger partial charge in [-0.1, -0.05) is 20.3 Å². The Hall–Kier alpha value is -1.14. The Balaban J connectivity index is 4.40. The van der Waals surface area contributed by atoms with E-state index in [0.717, 1.165) is 6.42 Å². The Morgan fingerprint density at radius 1 is 1.44 bits per heavy atom. The second kappa shape index (κ2) is 8.88. The fourth-order valence-electron chi connectivity index (χ4n) is 1.51. The first-order valence-electron chi connectivity index (χ1n) is 6.12. The van der Waals surface area contributed by atoms with Gasteiger partial charge in [-0.05, 0) is 13.0 Å². The Morgan fingerprint density at radius 2 is 2.06 bits per heavy atom. The van der Waals surface area contributed by atoms with Crippen molar-refractivity contribution in [3.63, 3.8) is 0 Å². The molecule has 0 saturated carbocycles. The molecule has 0 aromatic carbocycles. The molecule has 18 heavy (non-hydrogen) atoms. The van der Waals surface area contributed by atoms with Crippen molar-refractivity contribution < 1.29 is 19.4 Å². The molecule has 0 aliphatic carbocycles. The fourth-order valence-corrected chi connectivity index (χ4v) is 1.51. The van der Waals surface area contributed by atoms with Crippen LogP contribution in [0.25, 0.3) is 0 Å². The fraction of sp³-hybridized carbons (Fsp3) is 0.833. The van der Waals surface area contributed by atoms with Crippen LogP contribution in [0.5, 0.6) is 0 Å². The van der Waals surface area contributed by atoms with Crippen LogP contribution in [0.1, 0.15) is 20.3 Å². The lowest BCUT2D eigenvalue weighted by Crippen LogP contribution is -2.48. The zero-order valence-corrected chi connectivity index (χ0v) is 11.6. The summed E-state index contributed by atoms with van der Waals surface area (Å²) in [6.07, 6.45) is 0.770. The number of carbonyl (C=O) groups is 2. The number of nitrogens with zero attached hydrogens (tertiary/aromatic N) is 1. The summed E-state index contributed by atoms with van der Waals surface area (Å²) in [6, 6.07) is -0.616. The number of amides is 1. The van der Waals surface area contributed by atoms with Crippen LogP contribution in [0.3, 0.4) is 0 Å². The van der Waals surface area contributed by atoms with E-state index in [4.69, 9.17) is 5.11 Å². The summed E-state index contributed by atoms with van der Waals surface area (Å²) in [5, 5.41) is 11.4. The molecule has 0 fully saturated rings. The van der Waals surface area contributed by atoms with Crippen LogP contribution in [-0.4, -0.2) is 61.8 Å². The zero-order valence-electron chi connectivity index (χ0n) is 11.6. The quantitative estimate of drug-likeness (QED) is 0.581. The number of rotatable bonds is 8. The summed E-state index contributed by atoms with van der Waals surface area (Å²) in [6.45, 7) is 4.39. The molecule has 0 bridgehead atoms. The van der Waals surface area contributed by atoms with Gasteiger partial charge in [0.2, 0.25) is 5.91 Å². The van der Waals surface area contributed by atoms with Gasteiger partial charge in [-0.2, -0.15) is 0 Å². The highest BCUT2D eigenvalue weighted by Crippen LogP contribution is 2.09. The first kappa shape index (κ1) is 16.9. The molecule has 0 saturated heterocycles. The van der Waals surface area contributed by atoms with Crippen molar-refractivity contribution in [2.75, 3.05) is 33.9 Å². The van der Waals surface area contributed by atoms with Gasteiger partial charge in [-0.3, -0.25) is 9.69 Å². The second-order valence-corrected chi connectivity index (χ2v) is 4.42. The van der Waals surface area contributed by atoms with Gasteiger partial charge in [-0.25, -0.2) is 4.79 Å². The third kappa shape index (κ3) is 5.97. The number of ether oxygens (including phenoxy) is 1. The Bertz CT molecular complexity index is 271. The first-order chi connectivity index (χ1) is 8.46. The van der Waals surface area contributed by atoms with Gasteiger partial charge in [0.05, 0.1) is 20.3 Å². The van der Waals surface area contributed by atoms with Crippen molar-refractivity contribution in [3.05, 3.63) is 0 Å². The van der Waals surface area contributed by atoms with Gasteiger partial charge >= 0.3 is 5.97 Å². The predicted molar refractivity (Wildman–Crippen MR) is 68.0 cm³/mol. The minimum absolute atomic E-state index is 0.00439. The molecule has 0 spiro atoms. The number of likely N-dealkylation sites (N-methyl/N-ethyl adjacent to an activating group) is 1. The molecule has 6 heteroatoms. The van der Waals surface area contributed by atoms with Crippen LogP contribution in [0, 0.1) is 5.92 Å². The van der Waals surface area contributed by atoms with E-state index in [-0.39, 0.29) is 25.0 Å². The molecule has 0 heterocycles. The maximum absolute atomic E-state index is 11.7. The molecule has 0 aliphatic rings. The van der Waals surface area contributed by atoms with E-state index >= 15 is 0 Å². The van der Waals surface area contributed by atoms with Gasteiger partial charge < -0.3 is 15.2 Å². The normalized spacial score (nSPS) is 14.1. The largest absolute Gasteiger partial charge is 0.467 e. The van der Waals surface area contributed by atoms with Crippen LogP contribution in [-0.2, 0) is 14.3 Å². The SMILES string of the molecule is CC[C@H](C)[C@H](NC(=O)CN(C)CCO)C(=O)OC. The van der Waals surface area contributed by atoms with Crippen molar-refractivity contribution in [1.82, 2.24) is 10.2 Å². The van der Waals surface area contributed by atoms with Crippen LogP contribution in [0.15, 0.2) is 0 Å². The van der Waals surface area contributed by atoms with Crippen molar-refractivity contribution in [1.29, 1.82) is 0 Å². The van der Waals surface area contributed by atoms with Crippen molar-refractivity contribution in [2.45, 2.75) is 26.3 Å². The molecule has 2 N–H and O–H groups in total. The smallest absolute Gasteiger partial charge is 0.328 e. The predicted octanol–water partition coefficient (Wildman–Crippen LogP) is -0.386. The van der Waals surface area contributed by atoms with E-state index in [1.165, 1.54) is 7.11 Å². The summed E-state index contributed by atoms with van der Waals surface area (Å²) < 4.78 is 4.68. The van der Waals surface area contributed by atoms with Crippen LogP contribution in [0.2, 0.25) is 0 Å². The summed E-state index contributed by atoms with van der Waals surface area (Å²) in [7, 11) is 3.04. The molecule has 0 aromatic heterocycles. The number of hydrogen-bond donors (Lipinski definition) is 2. The van der Waals surface area contributed by atoms with Gasteiger partial charge in [0.25, 0.3) is 0 Å². The molecular weight excluding hydrogens is 236 g/mol. The molecule has 6 nitrogen and oxygen atoms in total. The maximum Gasteiger partial charge on any atom is 0.328 e. The van der Waals surface area contributed by atoms with Gasteiger partial charge in [0.15, 0.2) is 0 Å². The third-order valence-electron chi connectivity index (χ3n) is 2.88. The molecule has 2 atom stereocenters. The average Bonchev–Trinajstić information content (AvgIpc) is 2.34. The third-order valence-corrected chi connectivity index (χ3v) is 2.88. The summed E-state index contributed by atoms with van der Waals surface area (Å²) >= 11 is 0. The van der Waals surface area contributed by atoms with Gasteiger partial charge in [-0.15, -0.1) is 0 Å². The van der Waals surface area contributed by atoms with Crippen molar-refractivity contribution in [3.8, 4) is 0 Å². The molecular formula is C12H24N2O4. The number of methoxy groups -OCH3 is 1. The van der Waals surface area contributed by atoms with Crippen LogP contribution >= 0.6 is 0 Å². The van der Waals surface area contributed by atoms with Crippen molar-refractivity contribution in [2.24, 2.45) is 5.92 Å². The number of aliphatic hydroxyl groups is 1. The van der Waals surface area contributed by atoms with Gasteiger partial charge in [0.1, 0.15) is 6.04 Å². The lowest BCUT2D eigenvalue weighted by molar-refractivity contribution is -0.146.